The average molecular weight is 675 g/mol. The van der Waals surface area contributed by atoms with Gasteiger partial charge < -0.3 is 13.6 Å². The summed E-state index contributed by atoms with van der Waals surface area (Å²) in [6.07, 6.45) is 0. The zero-order valence-electron chi connectivity index (χ0n) is 27.8. The fourth-order valence-corrected chi connectivity index (χ4v) is 8.00. The molecule has 3 aromatic heterocycles. The Hall–Kier alpha value is -8.10. The van der Waals surface area contributed by atoms with Crippen molar-refractivity contribution in [2.24, 2.45) is 0 Å². The van der Waals surface area contributed by atoms with E-state index >= 15 is 0 Å². The van der Waals surface area contributed by atoms with Gasteiger partial charge in [-0.05, 0) is 60.7 Å². The summed E-state index contributed by atoms with van der Waals surface area (Å²) in [6.45, 7) is 0. The van der Waals surface area contributed by atoms with Crippen molar-refractivity contribution < 1.29 is 4.42 Å². The number of nitrogens with zero attached hydrogens (tertiary/aromatic N) is 6. The van der Waals surface area contributed by atoms with E-state index in [1.807, 2.05) is 112 Å². The van der Waals surface area contributed by atoms with Crippen molar-refractivity contribution in [3.8, 4) is 46.8 Å². The molecule has 7 heteroatoms. The number of rotatable bonds is 3. The summed E-state index contributed by atoms with van der Waals surface area (Å²) in [6, 6.07) is 52.0. The van der Waals surface area contributed by atoms with Gasteiger partial charge in [-0.1, -0.05) is 72.8 Å². The molecule has 0 bridgehead atoms. The summed E-state index contributed by atoms with van der Waals surface area (Å²) in [7, 11) is 0. The number of aromatic nitrogens is 2. The summed E-state index contributed by atoms with van der Waals surface area (Å²) in [4.78, 5) is 0. The second-order valence-electron chi connectivity index (χ2n) is 13.0. The van der Waals surface area contributed by atoms with E-state index in [4.69, 9.17) is 4.42 Å². The molecular formula is C46H22N6O. The molecule has 53 heavy (non-hydrogen) atoms. The Bertz CT molecular complexity index is 3350. The van der Waals surface area contributed by atoms with Crippen LogP contribution in [0.2, 0.25) is 0 Å². The van der Waals surface area contributed by atoms with E-state index < -0.39 is 0 Å². The third-order valence-corrected chi connectivity index (χ3v) is 10.3. The Morgan fingerprint density at radius 2 is 0.981 bits per heavy atom. The molecule has 0 unspecified atom stereocenters. The van der Waals surface area contributed by atoms with Crippen LogP contribution in [0.3, 0.4) is 0 Å². The average Bonchev–Trinajstić information content (AvgIpc) is 3.86. The molecule has 0 saturated carbocycles. The van der Waals surface area contributed by atoms with Crippen molar-refractivity contribution in [1.29, 1.82) is 21.0 Å². The number of furan rings is 1. The van der Waals surface area contributed by atoms with Crippen LogP contribution in [-0.2, 0) is 0 Å². The van der Waals surface area contributed by atoms with E-state index in [1.54, 1.807) is 24.3 Å². The van der Waals surface area contributed by atoms with Crippen LogP contribution in [0, 0.1) is 45.3 Å². The van der Waals surface area contributed by atoms with Gasteiger partial charge in [0.15, 0.2) is 0 Å². The number of para-hydroxylation sites is 4. The SMILES string of the molecule is N#Cc1cc(-c2cc(C#N)c(-n3c4ccccc4c4ccccc43)cc2C#N)c(C#N)c(-n2c3ccccc3c3cc4oc5ccccc5c4cc32)c1. The van der Waals surface area contributed by atoms with Crippen LogP contribution < -0.4 is 0 Å². The van der Waals surface area contributed by atoms with Gasteiger partial charge in [-0.15, -0.1) is 0 Å². The highest BCUT2D eigenvalue weighted by atomic mass is 16.3. The minimum absolute atomic E-state index is 0.271. The van der Waals surface area contributed by atoms with Crippen molar-refractivity contribution in [2.45, 2.75) is 0 Å². The molecule has 0 spiro atoms. The maximum Gasteiger partial charge on any atom is 0.136 e. The lowest BCUT2D eigenvalue weighted by Crippen LogP contribution is -2.04. The summed E-state index contributed by atoms with van der Waals surface area (Å²) < 4.78 is 10.3. The molecule has 0 amide bonds. The predicted octanol–water partition coefficient (Wildman–Crippen LogP) is 10.9. The maximum absolute atomic E-state index is 11.0. The number of hydrogen-bond acceptors (Lipinski definition) is 5. The number of nitriles is 4. The summed E-state index contributed by atoms with van der Waals surface area (Å²) >= 11 is 0. The standard InChI is InChI=1S/C46H22N6O/c47-23-27-17-35(34-19-29(25-49)42(20-28(34)24-48)51-39-13-5-1-9-30(39)31-10-2-6-14-40(31)51)38(26-50)43(18-27)52-41-15-7-3-11-32(41)36-22-46-37(21-44(36)52)33-12-4-8-16-45(33)53-46/h1-22H. The first kappa shape index (κ1) is 29.8. The van der Waals surface area contributed by atoms with Gasteiger partial charge in [0.2, 0.25) is 0 Å². The molecule has 0 radical (unpaired) electrons. The van der Waals surface area contributed by atoms with E-state index in [-0.39, 0.29) is 11.1 Å². The first-order valence-electron chi connectivity index (χ1n) is 16.9. The molecule has 7 aromatic carbocycles. The van der Waals surface area contributed by atoms with Crippen LogP contribution in [-0.4, -0.2) is 9.13 Å². The van der Waals surface area contributed by atoms with Crippen molar-refractivity contribution in [3.63, 3.8) is 0 Å². The lowest BCUT2D eigenvalue weighted by Gasteiger charge is -2.17. The van der Waals surface area contributed by atoms with E-state index in [0.29, 0.717) is 33.6 Å². The third kappa shape index (κ3) is 4.17. The second kappa shape index (κ2) is 11.2. The second-order valence-corrected chi connectivity index (χ2v) is 13.0. The minimum atomic E-state index is 0.271. The highest BCUT2D eigenvalue weighted by Gasteiger charge is 2.24. The van der Waals surface area contributed by atoms with Gasteiger partial charge in [0.1, 0.15) is 23.3 Å². The largest absolute Gasteiger partial charge is 0.456 e. The minimum Gasteiger partial charge on any atom is -0.456 e. The highest BCUT2D eigenvalue weighted by Crippen LogP contribution is 2.42. The van der Waals surface area contributed by atoms with Crippen molar-refractivity contribution >= 4 is 65.6 Å². The zero-order chi connectivity index (χ0) is 35.8. The van der Waals surface area contributed by atoms with Crippen LogP contribution in [0.25, 0.3) is 88.1 Å². The monoisotopic (exact) mass is 674 g/mol. The normalized spacial score (nSPS) is 11.3. The predicted molar refractivity (Wildman–Crippen MR) is 207 cm³/mol. The third-order valence-electron chi connectivity index (χ3n) is 10.3. The Kier molecular flexibility index (Phi) is 6.30. The summed E-state index contributed by atoms with van der Waals surface area (Å²) in [5.41, 5.74) is 8.02. The topological polar surface area (TPSA) is 118 Å². The summed E-state index contributed by atoms with van der Waals surface area (Å²) in [5.74, 6) is 0. The van der Waals surface area contributed by atoms with Crippen molar-refractivity contribution in [2.75, 3.05) is 0 Å². The Labute approximate surface area is 301 Å². The molecule has 3 heterocycles. The molecule has 0 atom stereocenters. The molecule has 10 aromatic rings. The molecule has 0 N–H and O–H groups in total. The number of hydrogen-bond donors (Lipinski definition) is 0. The smallest absolute Gasteiger partial charge is 0.136 e. The fourth-order valence-electron chi connectivity index (χ4n) is 8.00. The van der Waals surface area contributed by atoms with Gasteiger partial charge in [0, 0.05) is 43.4 Å². The molecular weight excluding hydrogens is 653 g/mol. The Morgan fingerprint density at radius 1 is 0.396 bits per heavy atom. The molecule has 0 aliphatic rings. The van der Waals surface area contributed by atoms with Crippen LogP contribution >= 0.6 is 0 Å². The lowest BCUT2D eigenvalue weighted by atomic mass is 9.91. The van der Waals surface area contributed by atoms with Crippen LogP contribution in [0.5, 0.6) is 0 Å². The fraction of sp³-hybridized carbons (Fsp3) is 0. The molecule has 0 saturated heterocycles. The van der Waals surface area contributed by atoms with Crippen molar-refractivity contribution in [1.82, 2.24) is 9.13 Å². The van der Waals surface area contributed by atoms with Crippen LogP contribution in [0.15, 0.2) is 138 Å². The molecule has 7 nitrogen and oxygen atoms in total. The molecule has 0 fully saturated rings. The molecule has 0 aliphatic carbocycles. The van der Waals surface area contributed by atoms with Crippen LogP contribution in [0.1, 0.15) is 22.3 Å². The van der Waals surface area contributed by atoms with E-state index in [9.17, 15) is 21.0 Å². The van der Waals surface area contributed by atoms with Gasteiger partial charge >= 0.3 is 0 Å². The van der Waals surface area contributed by atoms with Gasteiger partial charge in [-0.25, -0.2) is 0 Å². The first-order chi connectivity index (χ1) is 26.1. The number of fused-ring (bicyclic) bond motifs is 9. The van der Waals surface area contributed by atoms with E-state index in [2.05, 4.69) is 30.3 Å². The lowest BCUT2D eigenvalue weighted by molar-refractivity contribution is 0.669. The maximum atomic E-state index is 11.0. The zero-order valence-corrected chi connectivity index (χ0v) is 27.8. The van der Waals surface area contributed by atoms with Gasteiger partial charge in [0.25, 0.3) is 0 Å². The van der Waals surface area contributed by atoms with E-state index in [0.717, 1.165) is 65.6 Å². The number of benzene rings is 7. The summed E-state index contributed by atoms with van der Waals surface area (Å²) in [5, 5.41) is 48.5. The molecule has 10 rings (SSSR count). The highest BCUT2D eigenvalue weighted by molar-refractivity contribution is 6.17. The van der Waals surface area contributed by atoms with Gasteiger partial charge in [0.05, 0.1) is 67.8 Å². The van der Waals surface area contributed by atoms with Crippen LogP contribution in [0.4, 0.5) is 0 Å². The first-order valence-corrected chi connectivity index (χ1v) is 16.9. The Morgan fingerprint density at radius 3 is 1.60 bits per heavy atom. The van der Waals surface area contributed by atoms with E-state index in [1.165, 1.54) is 0 Å². The van der Waals surface area contributed by atoms with Crippen molar-refractivity contribution in [3.05, 3.63) is 156 Å². The molecule has 242 valence electrons. The van der Waals surface area contributed by atoms with Gasteiger partial charge in [-0.2, -0.15) is 21.0 Å². The molecule has 0 aliphatic heterocycles. The quantitative estimate of drug-likeness (QED) is 0.185. The Balaban J connectivity index is 1.28. The van der Waals surface area contributed by atoms with Gasteiger partial charge in [-0.3, -0.25) is 0 Å².